The largest absolute Gasteiger partial charge is 0.490 e. The van der Waals surface area contributed by atoms with Crippen LogP contribution in [-0.2, 0) is 0 Å². The number of anilines is 1. The molecule has 1 atom stereocenters. The number of para-hydroxylation sites is 1. The van der Waals surface area contributed by atoms with E-state index in [4.69, 9.17) is 4.74 Å². The smallest absolute Gasteiger partial charge is 0.168 e. The van der Waals surface area contributed by atoms with Crippen LogP contribution in [0.1, 0.15) is 34.6 Å². The molecule has 0 bridgehead atoms. The third kappa shape index (κ3) is 7.32. The Labute approximate surface area is 160 Å². The predicted octanol–water partition coefficient (Wildman–Crippen LogP) is 3.08. The third-order valence-corrected chi connectivity index (χ3v) is 3.52. The van der Waals surface area contributed by atoms with Gasteiger partial charge in [0.2, 0.25) is 0 Å². The Balaban J connectivity index is 2.03. The van der Waals surface area contributed by atoms with Crippen molar-refractivity contribution in [2.24, 2.45) is 5.10 Å². The highest BCUT2D eigenvalue weighted by atomic mass is 16.5. The molecule has 1 unspecified atom stereocenters. The summed E-state index contributed by atoms with van der Waals surface area (Å²) in [5, 5.41) is 25.9. The van der Waals surface area contributed by atoms with Crippen LogP contribution in [0.4, 0.5) is 5.82 Å². The van der Waals surface area contributed by atoms with Gasteiger partial charge in [-0.15, -0.1) is 10.2 Å². The molecule has 1 heterocycles. The first-order valence-corrected chi connectivity index (χ1v) is 9.00. The lowest BCUT2D eigenvalue weighted by atomic mass is 10.1. The number of nitrogens with zero attached hydrogens (tertiary/aromatic N) is 3. The maximum absolute atomic E-state index is 10.1. The minimum absolute atomic E-state index is 0.0510. The molecule has 0 amide bonds. The molecule has 0 aliphatic heterocycles. The van der Waals surface area contributed by atoms with E-state index in [0.717, 1.165) is 11.3 Å². The zero-order valence-corrected chi connectivity index (χ0v) is 16.7. The molecular weight excluding hydrogens is 342 g/mol. The van der Waals surface area contributed by atoms with E-state index in [0.29, 0.717) is 23.8 Å². The Hall–Kier alpha value is -2.51. The standard InChI is InChI=1S/C20H29N5O2/c1-14(2)22-24-19-11-10-17(23-25-19)16-8-6-7-9-18(16)27-13-15(26)12-21-20(3,4)5/h6-11,15,21,26H,12-13H2,1-5H3,(H,24,25). The van der Waals surface area contributed by atoms with Crippen molar-refractivity contribution in [3.63, 3.8) is 0 Å². The molecule has 3 N–H and O–H groups in total. The van der Waals surface area contributed by atoms with E-state index in [1.54, 1.807) is 0 Å². The van der Waals surface area contributed by atoms with Crippen LogP contribution in [0.15, 0.2) is 41.5 Å². The number of rotatable bonds is 8. The van der Waals surface area contributed by atoms with Crippen molar-refractivity contribution in [2.75, 3.05) is 18.6 Å². The number of hydrogen-bond donors (Lipinski definition) is 3. The Morgan fingerprint density at radius 1 is 1.15 bits per heavy atom. The first-order chi connectivity index (χ1) is 12.7. The van der Waals surface area contributed by atoms with Gasteiger partial charge in [-0.05, 0) is 58.9 Å². The van der Waals surface area contributed by atoms with E-state index in [1.165, 1.54) is 0 Å². The number of benzene rings is 1. The van der Waals surface area contributed by atoms with Crippen molar-refractivity contribution in [2.45, 2.75) is 46.3 Å². The van der Waals surface area contributed by atoms with Gasteiger partial charge in [-0.25, -0.2) is 0 Å². The Kier molecular flexibility index (Phi) is 7.27. The SMILES string of the molecule is CC(C)=NNc1ccc(-c2ccccc2OCC(O)CNC(C)(C)C)nn1. The fraction of sp³-hybridized carbons (Fsp3) is 0.450. The quantitative estimate of drug-likeness (QED) is 0.488. The number of β-amino-alcohol motifs (C(OH)–C–C–N with tert-alkyl or cyclic N) is 1. The molecule has 1 aromatic heterocycles. The van der Waals surface area contributed by atoms with Gasteiger partial charge >= 0.3 is 0 Å². The zero-order chi connectivity index (χ0) is 19.9. The summed E-state index contributed by atoms with van der Waals surface area (Å²) in [5.41, 5.74) is 5.21. The van der Waals surface area contributed by atoms with Crippen LogP contribution < -0.4 is 15.5 Å². The van der Waals surface area contributed by atoms with Crippen molar-refractivity contribution in [3.05, 3.63) is 36.4 Å². The first kappa shape index (κ1) is 20.8. The van der Waals surface area contributed by atoms with Gasteiger partial charge in [-0.2, -0.15) is 5.10 Å². The van der Waals surface area contributed by atoms with Gasteiger partial charge in [0.05, 0.1) is 5.69 Å². The number of hydrazone groups is 1. The molecule has 0 spiro atoms. The summed E-state index contributed by atoms with van der Waals surface area (Å²) in [6, 6.07) is 11.3. The average Bonchev–Trinajstić information content (AvgIpc) is 2.63. The maximum atomic E-state index is 10.1. The molecule has 0 saturated carbocycles. The minimum atomic E-state index is -0.606. The van der Waals surface area contributed by atoms with Gasteiger partial charge in [0.1, 0.15) is 18.5 Å². The van der Waals surface area contributed by atoms with Crippen LogP contribution >= 0.6 is 0 Å². The van der Waals surface area contributed by atoms with Gasteiger partial charge in [0, 0.05) is 23.4 Å². The molecule has 2 rings (SSSR count). The molecule has 1 aromatic carbocycles. The van der Waals surface area contributed by atoms with E-state index in [9.17, 15) is 5.11 Å². The van der Waals surface area contributed by atoms with E-state index in [2.05, 4.69) is 46.8 Å². The fourth-order valence-corrected chi connectivity index (χ4v) is 2.18. The van der Waals surface area contributed by atoms with Crippen molar-refractivity contribution in [1.82, 2.24) is 15.5 Å². The molecule has 146 valence electrons. The van der Waals surface area contributed by atoms with Crippen molar-refractivity contribution in [3.8, 4) is 17.0 Å². The average molecular weight is 371 g/mol. The monoisotopic (exact) mass is 371 g/mol. The topological polar surface area (TPSA) is 91.7 Å². The maximum Gasteiger partial charge on any atom is 0.168 e. The van der Waals surface area contributed by atoms with E-state index < -0.39 is 6.10 Å². The highest BCUT2D eigenvalue weighted by Gasteiger charge is 2.14. The summed E-state index contributed by atoms with van der Waals surface area (Å²) < 4.78 is 5.83. The molecule has 7 nitrogen and oxygen atoms in total. The number of aliphatic hydroxyl groups excluding tert-OH is 1. The van der Waals surface area contributed by atoms with Crippen LogP contribution in [0.3, 0.4) is 0 Å². The summed E-state index contributed by atoms with van der Waals surface area (Å²) in [5.74, 6) is 1.23. The van der Waals surface area contributed by atoms with Crippen LogP contribution in [0.25, 0.3) is 11.3 Å². The molecule has 0 saturated heterocycles. The van der Waals surface area contributed by atoms with Crippen LogP contribution in [0.2, 0.25) is 0 Å². The molecule has 0 aliphatic carbocycles. The zero-order valence-electron chi connectivity index (χ0n) is 16.7. The number of aliphatic hydroxyl groups is 1. The Morgan fingerprint density at radius 3 is 2.52 bits per heavy atom. The number of ether oxygens (including phenoxy) is 1. The van der Waals surface area contributed by atoms with E-state index >= 15 is 0 Å². The van der Waals surface area contributed by atoms with Crippen molar-refractivity contribution in [1.29, 1.82) is 0 Å². The Morgan fingerprint density at radius 2 is 1.89 bits per heavy atom. The van der Waals surface area contributed by atoms with Gasteiger partial charge in [-0.3, -0.25) is 5.43 Å². The summed E-state index contributed by atoms with van der Waals surface area (Å²) in [7, 11) is 0. The lowest BCUT2D eigenvalue weighted by Gasteiger charge is -2.23. The Bertz CT molecular complexity index is 750. The van der Waals surface area contributed by atoms with Crippen molar-refractivity contribution < 1.29 is 9.84 Å². The van der Waals surface area contributed by atoms with E-state index in [1.807, 2.05) is 50.2 Å². The van der Waals surface area contributed by atoms with Crippen LogP contribution in [-0.4, -0.2) is 45.8 Å². The number of aromatic nitrogens is 2. The van der Waals surface area contributed by atoms with Crippen molar-refractivity contribution >= 4 is 11.5 Å². The second kappa shape index (κ2) is 9.43. The van der Waals surface area contributed by atoms with Gasteiger partial charge < -0.3 is 15.2 Å². The second-order valence-corrected chi connectivity index (χ2v) is 7.57. The van der Waals surface area contributed by atoms with E-state index in [-0.39, 0.29) is 12.1 Å². The van der Waals surface area contributed by atoms with Gasteiger partial charge in [0.15, 0.2) is 5.82 Å². The molecule has 7 heteroatoms. The lowest BCUT2D eigenvalue weighted by Crippen LogP contribution is -2.42. The summed E-state index contributed by atoms with van der Waals surface area (Å²) >= 11 is 0. The fourth-order valence-electron chi connectivity index (χ4n) is 2.18. The normalized spacial score (nSPS) is 12.4. The highest BCUT2D eigenvalue weighted by Crippen LogP contribution is 2.28. The third-order valence-electron chi connectivity index (χ3n) is 3.52. The van der Waals surface area contributed by atoms with Crippen LogP contribution in [0.5, 0.6) is 5.75 Å². The minimum Gasteiger partial charge on any atom is -0.490 e. The molecule has 27 heavy (non-hydrogen) atoms. The number of nitrogens with one attached hydrogen (secondary N) is 2. The molecule has 2 aromatic rings. The summed E-state index contributed by atoms with van der Waals surface area (Å²) in [6.07, 6.45) is -0.606. The van der Waals surface area contributed by atoms with Gasteiger partial charge in [-0.1, -0.05) is 12.1 Å². The summed E-state index contributed by atoms with van der Waals surface area (Å²) in [6.45, 7) is 10.6. The lowest BCUT2D eigenvalue weighted by molar-refractivity contribution is 0.100. The van der Waals surface area contributed by atoms with Crippen LogP contribution in [0, 0.1) is 0 Å². The summed E-state index contributed by atoms with van der Waals surface area (Å²) in [4.78, 5) is 0. The highest BCUT2D eigenvalue weighted by molar-refractivity contribution is 5.79. The molecule has 0 fully saturated rings. The number of hydrogen-bond acceptors (Lipinski definition) is 7. The van der Waals surface area contributed by atoms with Gasteiger partial charge in [0.25, 0.3) is 0 Å². The molecule has 0 aliphatic rings. The molecule has 0 radical (unpaired) electrons. The molecular formula is C20H29N5O2. The predicted molar refractivity (Wildman–Crippen MR) is 109 cm³/mol. The first-order valence-electron chi connectivity index (χ1n) is 9.00. The second-order valence-electron chi connectivity index (χ2n) is 7.57.